The van der Waals surface area contributed by atoms with Gasteiger partial charge in [-0.25, -0.2) is 5.57 Å². The molecule has 0 aliphatic heterocycles. The van der Waals surface area contributed by atoms with E-state index in [-0.39, 0.29) is 26.2 Å². The Bertz CT molecular complexity index is 421. The third kappa shape index (κ3) is 13.6. The van der Waals surface area contributed by atoms with E-state index in [9.17, 15) is 5.11 Å². The van der Waals surface area contributed by atoms with Gasteiger partial charge >= 0.3 is 0 Å². The van der Waals surface area contributed by atoms with Crippen LogP contribution in [0.4, 0.5) is 0 Å². The molecule has 0 saturated heterocycles. The molecule has 0 aromatic heterocycles. The summed E-state index contributed by atoms with van der Waals surface area (Å²) < 4.78 is 0. The van der Waals surface area contributed by atoms with Crippen molar-refractivity contribution in [1.82, 2.24) is 0 Å². The number of hydrogen-bond acceptors (Lipinski definition) is 1. The summed E-state index contributed by atoms with van der Waals surface area (Å²) >= 11 is 0. The Hall–Kier alpha value is -0.197. The molecule has 2 fully saturated rings. The standard InChI is InChI=1S/C15H21O.2C5H5.Zr/c1-3-5-10-13(9-4-2)15(16)14-11-7-6-8-12-14;2*1-2-4-5-3-1;/h6-8,11-12,15-16H,3-5,9H2,1-2H3;2*1-5H;/q-1;;;. The first kappa shape index (κ1) is 26.8. The summed E-state index contributed by atoms with van der Waals surface area (Å²) in [6.07, 6.45) is 26.8. The van der Waals surface area contributed by atoms with Crippen molar-refractivity contribution in [3.8, 4) is 0 Å². The predicted octanol–water partition coefficient (Wildman–Crippen LogP) is 6.09. The Morgan fingerprint density at radius 1 is 0.778 bits per heavy atom. The molecule has 27 heavy (non-hydrogen) atoms. The molecule has 0 bridgehead atoms. The maximum atomic E-state index is 10.2. The zero-order chi connectivity index (χ0) is 18.9. The second-order valence-electron chi connectivity index (χ2n) is 5.94. The van der Waals surface area contributed by atoms with Crippen molar-refractivity contribution in [2.24, 2.45) is 0 Å². The van der Waals surface area contributed by atoms with Crippen molar-refractivity contribution >= 4 is 0 Å². The van der Waals surface area contributed by atoms with Crippen molar-refractivity contribution in [3.63, 3.8) is 0 Å². The Morgan fingerprint density at radius 2 is 1.22 bits per heavy atom. The molecule has 10 radical (unpaired) electrons. The number of unbranched alkanes of at least 4 members (excludes halogenated alkanes) is 1. The fourth-order valence-corrected chi connectivity index (χ4v) is 2.35. The summed E-state index contributed by atoms with van der Waals surface area (Å²) in [5.74, 6) is 0. The van der Waals surface area contributed by atoms with Gasteiger partial charge in [0.15, 0.2) is 0 Å². The van der Waals surface area contributed by atoms with Gasteiger partial charge in [0.2, 0.25) is 0 Å². The van der Waals surface area contributed by atoms with Gasteiger partial charge in [-0.05, 0) is 69.8 Å². The van der Waals surface area contributed by atoms with Crippen LogP contribution in [0.5, 0.6) is 0 Å². The van der Waals surface area contributed by atoms with Crippen molar-refractivity contribution in [2.75, 3.05) is 0 Å². The van der Waals surface area contributed by atoms with Gasteiger partial charge < -0.3 is 11.2 Å². The summed E-state index contributed by atoms with van der Waals surface area (Å²) in [5.41, 5.74) is 2.00. The molecule has 1 aromatic carbocycles. The molecule has 2 saturated carbocycles. The molecule has 1 nitrogen and oxygen atoms in total. The number of rotatable bonds is 6. The maximum absolute atomic E-state index is 10.2. The van der Waals surface area contributed by atoms with Gasteiger partial charge in [-0.2, -0.15) is 6.42 Å². The number of hydrogen-bond donors (Lipinski definition) is 1. The fourth-order valence-electron chi connectivity index (χ4n) is 2.35. The van der Waals surface area contributed by atoms with Crippen LogP contribution in [-0.4, -0.2) is 5.11 Å². The molecule has 2 aliphatic rings. The minimum atomic E-state index is -0.479. The third-order valence-electron chi connectivity index (χ3n) is 3.68. The molecule has 0 heterocycles. The van der Waals surface area contributed by atoms with Crippen LogP contribution >= 0.6 is 0 Å². The average molecular weight is 439 g/mol. The van der Waals surface area contributed by atoms with Gasteiger partial charge in [-0.1, -0.05) is 63.4 Å². The van der Waals surface area contributed by atoms with Crippen LogP contribution in [0, 0.1) is 70.3 Å². The molecule has 1 atom stereocenters. The Kier molecular flexibility index (Phi) is 19.0. The monoisotopic (exact) mass is 437 g/mol. The van der Waals surface area contributed by atoms with Crippen molar-refractivity contribution < 1.29 is 31.3 Å². The molecule has 1 N–H and O–H groups in total. The summed E-state index contributed by atoms with van der Waals surface area (Å²) in [4.78, 5) is 0. The number of aliphatic hydroxyl groups is 1. The van der Waals surface area contributed by atoms with Crippen molar-refractivity contribution in [2.45, 2.75) is 45.6 Å². The first-order chi connectivity index (χ1) is 12.8. The van der Waals surface area contributed by atoms with Gasteiger partial charge in [0, 0.05) is 26.2 Å². The van der Waals surface area contributed by atoms with Gasteiger partial charge in [0.05, 0.1) is 6.10 Å². The minimum absolute atomic E-state index is 0. The molecule has 3 rings (SSSR count). The molecule has 0 spiro atoms. The van der Waals surface area contributed by atoms with E-state index < -0.39 is 6.10 Å². The molecular weight excluding hydrogens is 407 g/mol. The normalized spacial score (nSPS) is 17.1. The smallest absolute Gasteiger partial charge is 0.0685 e. The first-order valence-electron chi connectivity index (χ1n) is 9.45. The predicted molar refractivity (Wildman–Crippen MR) is 111 cm³/mol. The maximum Gasteiger partial charge on any atom is 0.0685 e. The zero-order valence-electron chi connectivity index (χ0n) is 16.5. The summed E-state index contributed by atoms with van der Waals surface area (Å²) in [5, 5.41) is 10.2. The van der Waals surface area contributed by atoms with E-state index in [4.69, 9.17) is 0 Å². The van der Waals surface area contributed by atoms with Crippen molar-refractivity contribution in [3.05, 3.63) is 112 Å². The Balaban J connectivity index is 0.000000496. The van der Waals surface area contributed by atoms with E-state index in [0.29, 0.717) is 0 Å². The topological polar surface area (TPSA) is 20.2 Å². The number of benzene rings is 1. The Labute approximate surface area is 188 Å². The summed E-state index contributed by atoms with van der Waals surface area (Å²) in [6, 6.07) is 9.82. The van der Waals surface area contributed by atoms with E-state index in [0.717, 1.165) is 36.8 Å². The molecular formula is C25H31OZr-. The molecule has 2 heteroatoms. The van der Waals surface area contributed by atoms with Crippen LogP contribution in [0.3, 0.4) is 0 Å². The van der Waals surface area contributed by atoms with Gasteiger partial charge in [0.1, 0.15) is 0 Å². The molecule has 0 amide bonds. The van der Waals surface area contributed by atoms with E-state index in [1.54, 1.807) is 0 Å². The summed E-state index contributed by atoms with van der Waals surface area (Å²) in [7, 11) is 0. The molecule has 1 aromatic rings. The van der Waals surface area contributed by atoms with E-state index in [1.807, 2.05) is 94.5 Å². The van der Waals surface area contributed by atoms with Crippen LogP contribution in [-0.2, 0) is 26.2 Å². The van der Waals surface area contributed by atoms with Crippen LogP contribution in [0.25, 0.3) is 0 Å². The third-order valence-corrected chi connectivity index (χ3v) is 3.68. The fraction of sp³-hybridized carbons (Fsp3) is 0.280. The van der Waals surface area contributed by atoms with Crippen LogP contribution in [0.2, 0.25) is 0 Å². The molecule has 142 valence electrons. The average Bonchev–Trinajstić information content (AvgIpc) is 3.44. The van der Waals surface area contributed by atoms with Gasteiger partial charge in [-0.3, -0.25) is 0 Å². The van der Waals surface area contributed by atoms with E-state index in [1.165, 1.54) is 0 Å². The largest absolute Gasteiger partial charge is 0.494 e. The second kappa shape index (κ2) is 19.1. The first-order valence-corrected chi connectivity index (χ1v) is 9.45. The summed E-state index contributed by atoms with van der Waals surface area (Å²) in [6.45, 7) is 4.26. The minimum Gasteiger partial charge on any atom is -0.494 e. The molecule has 1 unspecified atom stereocenters. The number of aliphatic hydroxyl groups excluding tert-OH is 1. The van der Waals surface area contributed by atoms with Crippen LogP contribution < -0.4 is 0 Å². The van der Waals surface area contributed by atoms with E-state index >= 15 is 0 Å². The number of allylic oxidation sites excluding steroid dienone is 1. The van der Waals surface area contributed by atoms with Crippen molar-refractivity contribution in [1.29, 1.82) is 0 Å². The van der Waals surface area contributed by atoms with Crippen LogP contribution in [0.15, 0.2) is 35.9 Å². The Morgan fingerprint density at radius 3 is 1.59 bits per heavy atom. The van der Waals surface area contributed by atoms with Gasteiger partial charge in [-0.15, -0.1) is 0 Å². The zero-order valence-corrected chi connectivity index (χ0v) is 19.0. The molecule has 2 aliphatic carbocycles. The second-order valence-corrected chi connectivity index (χ2v) is 5.94. The van der Waals surface area contributed by atoms with Crippen LogP contribution in [0.1, 0.15) is 51.2 Å². The SMILES string of the molecule is CCC[C-]=C(CCC)C(O)c1ccccc1.[CH]1[CH][CH][CH][CH]1.[CH]1[CH][CH][CH][CH]1.[Zr]. The quantitative estimate of drug-likeness (QED) is 0.533. The van der Waals surface area contributed by atoms with E-state index in [2.05, 4.69) is 19.9 Å². The van der Waals surface area contributed by atoms with Gasteiger partial charge in [0.25, 0.3) is 0 Å².